The van der Waals surface area contributed by atoms with Crippen LogP contribution in [0, 0.1) is 6.92 Å². The van der Waals surface area contributed by atoms with E-state index in [0.29, 0.717) is 25.6 Å². The molecule has 0 aromatic carbocycles. The Balaban J connectivity index is 2.11. The number of anilines is 1. The molecule has 2 heterocycles. The smallest absolute Gasteiger partial charge is 0.225 e. The Morgan fingerprint density at radius 3 is 2.39 bits per heavy atom. The first kappa shape index (κ1) is 13.2. The molecule has 0 bridgehead atoms. The van der Waals surface area contributed by atoms with Crippen molar-refractivity contribution in [3.05, 3.63) is 18.0 Å². The molecular weight excluding hydrogens is 252 g/mol. The molecule has 0 N–H and O–H groups in total. The Hall–Kier alpha value is -1.21. The highest BCUT2D eigenvalue weighted by Gasteiger charge is 2.30. The first-order chi connectivity index (χ1) is 8.38. The van der Waals surface area contributed by atoms with Crippen molar-refractivity contribution in [3.8, 4) is 0 Å². The van der Waals surface area contributed by atoms with Gasteiger partial charge in [-0.1, -0.05) is 0 Å². The maximum Gasteiger partial charge on any atom is 0.225 e. The van der Waals surface area contributed by atoms with Crippen LogP contribution in [0.1, 0.15) is 12.5 Å². The van der Waals surface area contributed by atoms with Crippen molar-refractivity contribution in [2.24, 2.45) is 0 Å². The Kier molecular flexibility index (Phi) is 3.54. The van der Waals surface area contributed by atoms with E-state index in [1.54, 1.807) is 12.4 Å². The lowest BCUT2D eigenvalue weighted by Crippen LogP contribution is -2.54. The molecule has 1 aromatic heterocycles. The predicted octanol–water partition coefficient (Wildman–Crippen LogP) is 0.255. The fourth-order valence-electron chi connectivity index (χ4n) is 2.16. The van der Waals surface area contributed by atoms with Crippen molar-refractivity contribution in [1.29, 1.82) is 0 Å². The Bertz CT molecular complexity index is 514. The Morgan fingerprint density at radius 1 is 1.28 bits per heavy atom. The summed E-state index contributed by atoms with van der Waals surface area (Å²) in [5.41, 5.74) is 1.02. The second-order valence-electron chi connectivity index (χ2n) is 4.73. The standard InChI is InChI=1S/C11H18N4O2S/c1-9-6-12-11(13-7-9)14-4-5-15(10(2)8-14)18(3,16)17/h6-7,10H,4-5,8H2,1-3H3/t10-/m0/s1. The number of nitrogens with zero attached hydrogens (tertiary/aromatic N) is 4. The first-order valence-corrected chi connectivity index (χ1v) is 7.73. The third-order valence-corrected chi connectivity index (χ3v) is 4.44. The van der Waals surface area contributed by atoms with Gasteiger partial charge >= 0.3 is 0 Å². The Morgan fingerprint density at radius 2 is 1.89 bits per heavy atom. The normalized spacial score (nSPS) is 22.2. The van der Waals surface area contributed by atoms with E-state index in [4.69, 9.17) is 0 Å². The van der Waals surface area contributed by atoms with Crippen LogP contribution in [-0.2, 0) is 10.0 Å². The molecule has 1 saturated heterocycles. The zero-order chi connectivity index (χ0) is 13.3. The van der Waals surface area contributed by atoms with E-state index in [9.17, 15) is 8.42 Å². The van der Waals surface area contributed by atoms with Crippen molar-refractivity contribution in [1.82, 2.24) is 14.3 Å². The van der Waals surface area contributed by atoms with Gasteiger partial charge < -0.3 is 4.90 Å². The number of aryl methyl sites for hydroxylation is 1. The van der Waals surface area contributed by atoms with Gasteiger partial charge in [0.1, 0.15) is 0 Å². The van der Waals surface area contributed by atoms with Crippen molar-refractivity contribution < 1.29 is 8.42 Å². The minimum Gasteiger partial charge on any atom is -0.338 e. The summed E-state index contributed by atoms with van der Waals surface area (Å²) < 4.78 is 24.6. The van der Waals surface area contributed by atoms with Crippen molar-refractivity contribution in [3.63, 3.8) is 0 Å². The summed E-state index contributed by atoms with van der Waals surface area (Å²) in [6.45, 7) is 5.57. The molecule has 0 spiro atoms. The zero-order valence-electron chi connectivity index (χ0n) is 10.9. The topological polar surface area (TPSA) is 66.4 Å². The lowest BCUT2D eigenvalue weighted by Gasteiger charge is -2.38. The summed E-state index contributed by atoms with van der Waals surface area (Å²) in [5.74, 6) is 0.667. The molecule has 1 atom stereocenters. The van der Waals surface area contributed by atoms with Gasteiger partial charge in [-0.2, -0.15) is 4.31 Å². The number of aromatic nitrogens is 2. The SMILES string of the molecule is Cc1cnc(N2CCN(S(C)(=O)=O)[C@@H](C)C2)nc1. The summed E-state index contributed by atoms with van der Waals surface area (Å²) in [4.78, 5) is 10.6. The number of hydrogen-bond donors (Lipinski definition) is 0. The predicted molar refractivity (Wildman–Crippen MR) is 70.0 cm³/mol. The lowest BCUT2D eigenvalue weighted by molar-refractivity contribution is 0.307. The van der Waals surface area contributed by atoms with Crippen LogP contribution in [0.15, 0.2) is 12.4 Å². The van der Waals surface area contributed by atoms with Crippen LogP contribution >= 0.6 is 0 Å². The molecule has 18 heavy (non-hydrogen) atoms. The highest BCUT2D eigenvalue weighted by atomic mass is 32.2. The van der Waals surface area contributed by atoms with Gasteiger partial charge in [0.15, 0.2) is 0 Å². The minimum atomic E-state index is -3.12. The van der Waals surface area contributed by atoms with Gasteiger partial charge in [0, 0.05) is 38.1 Å². The molecule has 0 aliphatic carbocycles. The molecule has 1 aliphatic heterocycles. The van der Waals surface area contributed by atoms with Crippen LogP contribution in [-0.4, -0.2) is 54.6 Å². The third-order valence-electron chi connectivity index (χ3n) is 3.04. The molecule has 1 aromatic rings. The second-order valence-corrected chi connectivity index (χ2v) is 6.66. The molecule has 0 unspecified atom stereocenters. The van der Waals surface area contributed by atoms with Gasteiger partial charge in [0.2, 0.25) is 16.0 Å². The van der Waals surface area contributed by atoms with Gasteiger partial charge in [-0.05, 0) is 19.4 Å². The molecule has 7 heteroatoms. The van der Waals surface area contributed by atoms with Gasteiger partial charge in [0.25, 0.3) is 0 Å². The van der Waals surface area contributed by atoms with E-state index in [0.717, 1.165) is 5.56 Å². The van der Waals surface area contributed by atoms with Crippen LogP contribution in [0.3, 0.4) is 0 Å². The van der Waals surface area contributed by atoms with Crippen molar-refractivity contribution >= 4 is 16.0 Å². The summed E-state index contributed by atoms with van der Waals surface area (Å²) in [5, 5.41) is 0. The monoisotopic (exact) mass is 270 g/mol. The fraction of sp³-hybridized carbons (Fsp3) is 0.636. The van der Waals surface area contributed by atoms with Crippen LogP contribution in [0.25, 0.3) is 0 Å². The van der Waals surface area contributed by atoms with Gasteiger partial charge in [-0.3, -0.25) is 0 Å². The number of hydrogen-bond acceptors (Lipinski definition) is 5. The van der Waals surface area contributed by atoms with E-state index in [2.05, 4.69) is 9.97 Å². The van der Waals surface area contributed by atoms with Crippen molar-refractivity contribution in [2.45, 2.75) is 19.9 Å². The highest BCUT2D eigenvalue weighted by Crippen LogP contribution is 2.17. The minimum absolute atomic E-state index is 0.0568. The molecule has 6 nitrogen and oxygen atoms in total. The number of sulfonamides is 1. The van der Waals surface area contributed by atoms with E-state index in [-0.39, 0.29) is 6.04 Å². The largest absolute Gasteiger partial charge is 0.338 e. The summed E-state index contributed by atoms with van der Waals surface area (Å²) in [6.07, 6.45) is 4.80. The van der Waals surface area contributed by atoms with Gasteiger partial charge in [-0.15, -0.1) is 0 Å². The second kappa shape index (κ2) is 4.81. The van der Waals surface area contributed by atoms with E-state index < -0.39 is 10.0 Å². The van der Waals surface area contributed by atoms with Crippen LogP contribution in [0.4, 0.5) is 5.95 Å². The summed E-state index contributed by atoms with van der Waals surface area (Å²) >= 11 is 0. The quantitative estimate of drug-likeness (QED) is 0.771. The van der Waals surface area contributed by atoms with Crippen LogP contribution < -0.4 is 4.90 Å². The van der Waals surface area contributed by atoms with Crippen LogP contribution in [0.5, 0.6) is 0 Å². The molecule has 1 fully saturated rings. The maximum atomic E-state index is 11.6. The molecule has 100 valence electrons. The van der Waals surface area contributed by atoms with E-state index in [1.807, 2.05) is 18.7 Å². The molecule has 2 rings (SSSR count). The summed E-state index contributed by atoms with van der Waals surface area (Å²) in [6, 6.07) is -0.0568. The lowest BCUT2D eigenvalue weighted by atomic mass is 10.2. The zero-order valence-corrected chi connectivity index (χ0v) is 11.7. The number of piperazine rings is 1. The van der Waals surface area contributed by atoms with E-state index in [1.165, 1.54) is 10.6 Å². The maximum absolute atomic E-state index is 11.6. The number of rotatable bonds is 2. The summed E-state index contributed by atoms with van der Waals surface area (Å²) in [7, 11) is -3.12. The molecular formula is C11H18N4O2S. The Labute approximate surface area is 108 Å². The highest BCUT2D eigenvalue weighted by molar-refractivity contribution is 7.88. The van der Waals surface area contributed by atoms with E-state index >= 15 is 0 Å². The molecule has 0 saturated carbocycles. The van der Waals surface area contributed by atoms with Crippen LogP contribution in [0.2, 0.25) is 0 Å². The third kappa shape index (κ3) is 2.78. The fourth-order valence-corrected chi connectivity index (χ4v) is 3.30. The molecule has 0 amide bonds. The van der Waals surface area contributed by atoms with Gasteiger partial charge in [-0.25, -0.2) is 18.4 Å². The average Bonchev–Trinajstić information content (AvgIpc) is 2.28. The molecule has 1 aliphatic rings. The average molecular weight is 270 g/mol. The van der Waals surface area contributed by atoms with Gasteiger partial charge in [0.05, 0.1) is 6.26 Å². The first-order valence-electron chi connectivity index (χ1n) is 5.88. The van der Waals surface area contributed by atoms with Crippen molar-refractivity contribution in [2.75, 3.05) is 30.8 Å². The molecule has 0 radical (unpaired) electrons.